The molecule has 0 fully saturated rings. The lowest BCUT2D eigenvalue weighted by molar-refractivity contribution is -0.121. The SMILES string of the molecule is Cc1ccc(-n2c(C)nnc2SCCCC(=O)NC(c2ccccc2)c2ccccc2)cc1. The first-order chi connectivity index (χ1) is 16.1. The molecule has 1 heterocycles. The minimum Gasteiger partial charge on any atom is -0.345 e. The third kappa shape index (κ3) is 5.90. The van der Waals surface area contributed by atoms with Gasteiger partial charge in [-0.05, 0) is 43.5 Å². The molecule has 1 N–H and O–H groups in total. The molecule has 1 aromatic heterocycles. The number of carbonyl (C=O) groups excluding carboxylic acids is 1. The van der Waals surface area contributed by atoms with E-state index in [9.17, 15) is 4.79 Å². The van der Waals surface area contributed by atoms with Crippen LogP contribution in [0, 0.1) is 13.8 Å². The van der Waals surface area contributed by atoms with Crippen LogP contribution < -0.4 is 5.32 Å². The molecule has 3 aromatic carbocycles. The minimum absolute atomic E-state index is 0.0458. The molecule has 5 nitrogen and oxygen atoms in total. The Morgan fingerprint density at radius 1 is 0.879 bits per heavy atom. The van der Waals surface area contributed by atoms with Crippen molar-refractivity contribution in [3.63, 3.8) is 0 Å². The van der Waals surface area contributed by atoms with E-state index >= 15 is 0 Å². The van der Waals surface area contributed by atoms with Gasteiger partial charge in [0.1, 0.15) is 5.82 Å². The number of hydrogen-bond donors (Lipinski definition) is 1. The minimum atomic E-state index is -0.153. The van der Waals surface area contributed by atoms with E-state index in [-0.39, 0.29) is 11.9 Å². The maximum Gasteiger partial charge on any atom is 0.220 e. The smallest absolute Gasteiger partial charge is 0.220 e. The van der Waals surface area contributed by atoms with Crippen LogP contribution in [0.4, 0.5) is 0 Å². The lowest BCUT2D eigenvalue weighted by Crippen LogP contribution is -2.29. The molecule has 0 saturated carbocycles. The standard InChI is InChI=1S/C27H28N4OS/c1-20-15-17-24(18-16-20)31-21(2)29-30-27(31)33-19-9-14-25(32)28-26(22-10-5-3-6-11-22)23-12-7-4-8-13-23/h3-8,10-13,15-18,26H,9,14,19H2,1-2H3,(H,28,32). The van der Waals surface area contributed by atoms with Crippen LogP contribution in [-0.4, -0.2) is 26.4 Å². The second-order valence-corrected chi connectivity index (χ2v) is 9.04. The lowest BCUT2D eigenvalue weighted by Gasteiger charge is -2.20. The first kappa shape index (κ1) is 22.8. The molecule has 4 aromatic rings. The van der Waals surface area contributed by atoms with Gasteiger partial charge in [-0.1, -0.05) is 90.1 Å². The number of rotatable bonds is 9. The molecule has 1 amide bonds. The van der Waals surface area contributed by atoms with E-state index in [1.54, 1.807) is 11.8 Å². The summed E-state index contributed by atoms with van der Waals surface area (Å²) in [6.45, 7) is 4.03. The van der Waals surface area contributed by atoms with Crippen LogP contribution in [0.1, 0.15) is 41.4 Å². The molecule has 0 aliphatic carbocycles. The zero-order chi connectivity index (χ0) is 23.0. The number of nitrogens with zero attached hydrogens (tertiary/aromatic N) is 3. The summed E-state index contributed by atoms with van der Waals surface area (Å²) >= 11 is 1.63. The van der Waals surface area contributed by atoms with Crippen molar-refractivity contribution in [1.29, 1.82) is 0 Å². The van der Waals surface area contributed by atoms with E-state index < -0.39 is 0 Å². The number of aryl methyl sites for hydroxylation is 2. The molecule has 0 aliphatic rings. The first-order valence-electron chi connectivity index (χ1n) is 11.1. The highest BCUT2D eigenvalue weighted by Gasteiger charge is 2.17. The quantitative estimate of drug-likeness (QED) is 0.261. The predicted octanol–water partition coefficient (Wildman–Crippen LogP) is 5.66. The van der Waals surface area contributed by atoms with Gasteiger partial charge in [0.2, 0.25) is 5.91 Å². The average Bonchev–Trinajstić information content (AvgIpc) is 3.22. The summed E-state index contributed by atoms with van der Waals surface area (Å²) in [5.74, 6) is 1.69. The van der Waals surface area contributed by atoms with Gasteiger partial charge in [-0.15, -0.1) is 10.2 Å². The van der Waals surface area contributed by atoms with E-state index in [0.717, 1.165) is 40.0 Å². The fourth-order valence-electron chi connectivity index (χ4n) is 3.71. The zero-order valence-electron chi connectivity index (χ0n) is 18.9. The second-order valence-electron chi connectivity index (χ2n) is 7.97. The Labute approximate surface area is 199 Å². The van der Waals surface area contributed by atoms with Gasteiger partial charge in [0.05, 0.1) is 6.04 Å². The molecule has 0 spiro atoms. The van der Waals surface area contributed by atoms with Gasteiger partial charge >= 0.3 is 0 Å². The molecule has 0 aliphatic heterocycles. The molecule has 33 heavy (non-hydrogen) atoms. The van der Waals surface area contributed by atoms with E-state index in [4.69, 9.17) is 0 Å². The summed E-state index contributed by atoms with van der Waals surface area (Å²) in [6.07, 6.45) is 1.22. The van der Waals surface area contributed by atoms with Crippen LogP contribution in [0.25, 0.3) is 5.69 Å². The second kappa shape index (κ2) is 11.0. The van der Waals surface area contributed by atoms with Crippen LogP contribution in [0.3, 0.4) is 0 Å². The molecular weight excluding hydrogens is 428 g/mol. The van der Waals surface area contributed by atoms with Gasteiger partial charge in [0.25, 0.3) is 0 Å². The largest absolute Gasteiger partial charge is 0.345 e. The van der Waals surface area contributed by atoms with Crippen molar-refractivity contribution < 1.29 is 4.79 Å². The highest BCUT2D eigenvalue weighted by atomic mass is 32.2. The van der Waals surface area contributed by atoms with Crippen LogP contribution >= 0.6 is 11.8 Å². The van der Waals surface area contributed by atoms with Crippen LogP contribution in [0.2, 0.25) is 0 Å². The number of carbonyl (C=O) groups is 1. The van der Waals surface area contributed by atoms with Crippen LogP contribution in [0.5, 0.6) is 0 Å². The monoisotopic (exact) mass is 456 g/mol. The van der Waals surface area contributed by atoms with Gasteiger partial charge in [-0.25, -0.2) is 0 Å². The molecule has 4 rings (SSSR count). The summed E-state index contributed by atoms with van der Waals surface area (Å²) in [5, 5.41) is 12.6. The van der Waals surface area contributed by atoms with E-state index in [2.05, 4.69) is 51.3 Å². The van der Waals surface area contributed by atoms with Crippen molar-refractivity contribution in [2.45, 2.75) is 37.9 Å². The van der Waals surface area contributed by atoms with Crippen molar-refractivity contribution in [2.24, 2.45) is 0 Å². The maximum absolute atomic E-state index is 12.8. The van der Waals surface area contributed by atoms with Gasteiger partial charge in [0, 0.05) is 17.9 Å². The Morgan fingerprint density at radius 3 is 2.09 bits per heavy atom. The zero-order valence-corrected chi connectivity index (χ0v) is 19.8. The highest BCUT2D eigenvalue weighted by Crippen LogP contribution is 2.24. The van der Waals surface area contributed by atoms with Crippen molar-refractivity contribution in [1.82, 2.24) is 20.1 Å². The third-order valence-electron chi connectivity index (χ3n) is 5.44. The molecule has 168 valence electrons. The molecule has 0 saturated heterocycles. The van der Waals surface area contributed by atoms with Crippen molar-refractivity contribution in [3.8, 4) is 5.69 Å². The van der Waals surface area contributed by atoms with Gasteiger partial charge < -0.3 is 5.32 Å². The topological polar surface area (TPSA) is 59.8 Å². The van der Waals surface area contributed by atoms with Gasteiger partial charge in [-0.2, -0.15) is 0 Å². The van der Waals surface area contributed by atoms with Crippen molar-refractivity contribution >= 4 is 17.7 Å². The van der Waals surface area contributed by atoms with E-state index in [0.29, 0.717) is 6.42 Å². The van der Waals surface area contributed by atoms with E-state index in [1.165, 1.54) is 5.56 Å². The third-order valence-corrected chi connectivity index (χ3v) is 6.45. The Balaban J connectivity index is 1.35. The van der Waals surface area contributed by atoms with Crippen molar-refractivity contribution in [2.75, 3.05) is 5.75 Å². The number of aromatic nitrogens is 3. The summed E-state index contributed by atoms with van der Waals surface area (Å²) in [6, 6.07) is 28.4. The fourth-order valence-corrected chi connectivity index (χ4v) is 4.64. The number of amides is 1. The summed E-state index contributed by atoms with van der Waals surface area (Å²) in [4.78, 5) is 12.8. The van der Waals surface area contributed by atoms with E-state index in [1.807, 2.05) is 67.6 Å². The molecule has 0 atom stereocenters. The molecule has 0 radical (unpaired) electrons. The Hall–Kier alpha value is -3.38. The normalized spacial score (nSPS) is 11.0. The van der Waals surface area contributed by atoms with Crippen LogP contribution in [0.15, 0.2) is 90.1 Å². The Morgan fingerprint density at radius 2 is 1.48 bits per heavy atom. The first-order valence-corrected chi connectivity index (χ1v) is 12.1. The summed E-state index contributed by atoms with van der Waals surface area (Å²) in [7, 11) is 0. The molecule has 6 heteroatoms. The van der Waals surface area contributed by atoms with Gasteiger partial charge in [0.15, 0.2) is 5.16 Å². The van der Waals surface area contributed by atoms with Gasteiger partial charge in [-0.3, -0.25) is 9.36 Å². The Bertz CT molecular complexity index is 1130. The molecular formula is C27H28N4OS. The summed E-state index contributed by atoms with van der Waals surface area (Å²) < 4.78 is 2.06. The number of thioether (sulfide) groups is 1. The van der Waals surface area contributed by atoms with Crippen LogP contribution in [-0.2, 0) is 4.79 Å². The molecule has 0 bridgehead atoms. The average molecular weight is 457 g/mol. The maximum atomic E-state index is 12.8. The fraction of sp³-hybridized carbons (Fsp3) is 0.222. The lowest BCUT2D eigenvalue weighted by atomic mass is 9.98. The summed E-state index contributed by atoms with van der Waals surface area (Å²) in [5.41, 5.74) is 4.42. The predicted molar refractivity (Wildman–Crippen MR) is 134 cm³/mol. The highest BCUT2D eigenvalue weighted by molar-refractivity contribution is 7.99. The number of benzene rings is 3. The number of nitrogens with one attached hydrogen (secondary N) is 1. The Kier molecular flexibility index (Phi) is 7.58. The van der Waals surface area contributed by atoms with Crippen molar-refractivity contribution in [3.05, 3.63) is 107 Å². The number of hydrogen-bond acceptors (Lipinski definition) is 4. The molecule has 0 unspecified atom stereocenters.